The predicted octanol–water partition coefficient (Wildman–Crippen LogP) is 7.36. The van der Waals surface area contributed by atoms with E-state index in [-0.39, 0.29) is 26.2 Å². The van der Waals surface area contributed by atoms with E-state index in [0.29, 0.717) is 5.92 Å². The summed E-state index contributed by atoms with van der Waals surface area (Å²) in [4.78, 5) is 0. The van der Waals surface area contributed by atoms with E-state index < -0.39 is 0 Å². The third kappa shape index (κ3) is 5.52. The Morgan fingerprint density at radius 2 is 1.31 bits per heavy atom. The van der Waals surface area contributed by atoms with Gasteiger partial charge in [-0.1, -0.05) is 72.3 Å². The molecule has 0 atom stereocenters. The largest absolute Gasteiger partial charge is 2.00 e. The summed E-state index contributed by atoms with van der Waals surface area (Å²) in [6.45, 7) is 2.17. The van der Waals surface area contributed by atoms with Gasteiger partial charge in [-0.3, -0.25) is 0 Å². The minimum absolute atomic E-state index is 0. The summed E-state index contributed by atoms with van der Waals surface area (Å²) in [6, 6.07) is 31.8. The van der Waals surface area contributed by atoms with Crippen LogP contribution in [0.15, 0.2) is 115 Å². The molecule has 4 aromatic rings. The van der Waals surface area contributed by atoms with Gasteiger partial charge in [-0.25, -0.2) is 0 Å². The molecule has 0 saturated carbocycles. The molecule has 0 aliphatic heterocycles. The van der Waals surface area contributed by atoms with E-state index in [1.54, 1.807) is 0 Å². The van der Waals surface area contributed by atoms with Crippen LogP contribution in [0, 0.1) is 13.3 Å². The predicted molar refractivity (Wildman–Crippen MR) is 121 cm³/mol. The van der Waals surface area contributed by atoms with Gasteiger partial charge >= 0.3 is 26.2 Å². The second-order valence-electron chi connectivity index (χ2n) is 7.13. The first-order valence-corrected chi connectivity index (χ1v) is 9.75. The van der Waals surface area contributed by atoms with Gasteiger partial charge in [0, 0.05) is 5.92 Å². The SMILES string of the molecule is Cc1cccc2[cH-]c(C3C=CC=C3)cc12.[Zr+2].c1ccc([CH-]c2ccccc2)cc1. The first-order valence-electron chi connectivity index (χ1n) is 9.75. The fourth-order valence-corrected chi connectivity index (χ4v) is 3.55. The molecular formula is C28H24Zr. The first-order chi connectivity index (χ1) is 13.8. The quantitative estimate of drug-likeness (QED) is 0.285. The van der Waals surface area contributed by atoms with Crippen molar-refractivity contribution in [2.75, 3.05) is 0 Å². The van der Waals surface area contributed by atoms with Gasteiger partial charge in [0.2, 0.25) is 0 Å². The zero-order chi connectivity index (χ0) is 19.2. The van der Waals surface area contributed by atoms with Crippen LogP contribution in [0.5, 0.6) is 0 Å². The van der Waals surface area contributed by atoms with Crippen molar-refractivity contribution in [1.29, 1.82) is 0 Å². The van der Waals surface area contributed by atoms with E-state index in [1.807, 2.05) is 12.1 Å². The molecule has 29 heavy (non-hydrogen) atoms. The zero-order valence-corrected chi connectivity index (χ0v) is 19.1. The number of rotatable bonds is 3. The fraction of sp³-hybridized carbons (Fsp3) is 0.0714. The van der Waals surface area contributed by atoms with Crippen molar-refractivity contribution in [1.82, 2.24) is 0 Å². The molecule has 1 aliphatic rings. The minimum Gasteiger partial charge on any atom is -0.164 e. The van der Waals surface area contributed by atoms with Crippen LogP contribution in [0.2, 0.25) is 0 Å². The zero-order valence-electron chi connectivity index (χ0n) is 16.6. The molecule has 0 saturated heterocycles. The molecular weight excluding hydrogens is 428 g/mol. The van der Waals surface area contributed by atoms with Crippen LogP contribution in [0.4, 0.5) is 0 Å². The smallest absolute Gasteiger partial charge is 0.164 e. The van der Waals surface area contributed by atoms with Crippen LogP contribution in [0.1, 0.15) is 28.2 Å². The van der Waals surface area contributed by atoms with Crippen molar-refractivity contribution in [3.63, 3.8) is 0 Å². The van der Waals surface area contributed by atoms with E-state index in [1.165, 1.54) is 33.0 Å². The van der Waals surface area contributed by atoms with Crippen molar-refractivity contribution in [2.45, 2.75) is 12.8 Å². The van der Waals surface area contributed by atoms with Crippen molar-refractivity contribution >= 4 is 10.8 Å². The second kappa shape index (κ2) is 10.3. The fourth-order valence-electron chi connectivity index (χ4n) is 3.55. The molecule has 0 N–H and O–H groups in total. The molecule has 0 aromatic heterocycles. The summed E-state index contributed by atoms with van der Waals surface area (Å²) in [6.07, 6.45) is 10.9. The number of hydrogen-bond donors (Lipinski definition) is 0. The molecule has 0 bridgehead atoms. The summed E-state index contributed by atoms with van der Waals surface area (Å²) in [5.41, 5.74) is 5.26. The van der Waals surface area contributed by atoms with Gasteiger partial charge in [0.25, 0.3) is 0 Å². The molecule has 5 rings (SSSR count). The third-order valence-corrected chi connectivity index (χ3v) is 5.06. The monoisotopic (exact) mass is 450 g/mol. The number of aryl methyl sites for hydroxylation is 1. The standard InChI is InChI=1S/C15H13.C13H11.Zr/c1-11-5-4-8-13-9-14(10-15(11)13)12-6-2-3-7-12;1-3-7-12(8-4-1)11-13-9-5-2-6-10-13;/h2-10,12H,1H3;1-11H;/q2*-1;+2. The molecule has 4 aromatic carbocycles. The Morgan fingerprint density at radius 1 is 0.724 bits per heavy atom. The topological polar surface area (TPSA) is 0 Å². The molecule has 0 heterocycles. The molecule has 140 valence electrons. The van der Waals surface area contributed by atoms with Gasteiger partial charge < -0.3 is 0 Å². The van der Waals surface area contributed by atoms with Crippen LogP contribution in [-0.4, -0.2) is 0 Å². The Labute approximate surface area is 193 Å². The van der Waals surface area contributed by atoms with E-state index in [9.17, 15) is 0 Å². The van der Waals surface area contributed by atoms with Gasteiger partial charge in [0.05, 0.1) is 0 Å². The third-order valence-electron chi connectivity index (χ3n) is 5.06. The molecule has 0 spiro atoms. The molecule has 1 heteroatoms. The Balaban J connectivity index is 0.000000162. The van der Waals surface area contributed by atoms with Crippen LogP contribution >= 0.6 is 0 Å². The van der Waals surface area contributed by atoms with Crippen LogP contribution in [0.25, 0.3) is 10.8 Å². The van der Waals surface area contributed by atoms with Gasteiger partial charge in [0.15, 0.2) is 0 Å². The van der Waals surface area contributed by atoms with E-state index in [4.69, 9.17) is 0 Å². The van der Waals surface area contributed by atoms with Crippen LogP contribution in [-0.2, 0) is 26.2 Å². The van der Waals surface area contributed by atoms with E-state index in [0.717, 1.165) is 0 Å². The van der Waals surface area contributed by atoms with Crippen molar-refractivity contribution in [2.24, 2.45) is 0 Å². The first kappa shape index (κ1) is 21.2. The number of allylic oxidation sites excluding steroid dienone is 4. The maximum Gasteiger partial charge on any atom is 2.00 e. The summed E-state index contributed by atoms with van der Waals surface area (Å²) < 4.78 is 0. The van der Waals surface area contributed by atoms with E-state index >= 15 is 0 Å². The van der Waals surface area contributed by atoms with Crippen LogP contribution in [0.3, 0.4) is 0 Å². The number of benzene rings is 3. The second-order valence-corrected chi connectivity index (χ2v) is 7.13. The van der Waals surface area contributed by atoms with Crippen molar-refractivity contribution in [3.8, 4) is 0 Å². The van der Waals surface area contributed by atoms with Gasteiger partial charge in [0.1, 0.15) is 0 Å². The summed E-state index contributed by atoms with van der Waals surface area (Å²) in [5.74, 6) is 0.483. The minimum atomic E-state index is 0. The van der Waals surface area contributed by atoms with Crippen molar-refractivity contribution < 1.29 is 26.2 Å². The maximum absolute atomic E-state index is 2.31. The molecule has 0 amide bonds. The molecule has 0 nitrogen and oxygen atoms in total. The average Bonchev–Trinajstić information content (AvgIpc) is 3.41. The molecule has 0 radical (unpaired) electrons. The molecule has 0 fully saturated rings. The summed E-state index contributed by atoms with van der Waals surface area (Å²) in [5, 5.41) is 2.75. The summed E-state index contributed by atoms with van der Waals surface area (Å²) in [7, 11) is 0. The Kier molecular flexibility index (Phi) is 7.56. The maximum atomic E-state index is 2.31. The Hall–Kier alpha value is -2.50. The summed E-state index contributed by atoms with van der Waals surface area (Å²) >= 11 is 0. The normalized spacial score (nSPS) is 12.3. The van der Waals surface area contributed by atoms with Crippen molar-refractivity contribution in [3.05, 3.63) is 144 Å². The Morgan fingerprint density at radius 3 is 1.86 bits per heavy atom. The van der Waals surface area contributed by atoms with E-state index in [2.05, 4.69) is 117 Å². The molecule has 1 aliphatic carbocycles. The van der Waals surface area contributed by atoms with Gasteiger partial charge in [-0.05, 0) is 6.92 Å². The Bertz CT molecular complexity index is 1040. The van der Waals surface area contributed by atoms with Crippen LogP contribution < -0.4 is 0 Å². The number of fused-ring (bicyclic) bond motifs is 1. The van der Waals surface area contributed by atoms with Gasteiger partial charge in [-0.2, -0.15) is 6.07 Å². The van der Waals surface area contributed by atoms with Gasteiger partial charge in [-0.15, -0.1) is 76.3 Å². The average molecular weight is 452 g/mol. The number of hydrogen-bond acceptors (Lipinski definition) is 0. The molecule has 0 unspecified atom stereocenters.